The minimum atomic E-state index is -0.291. The number of amides is 1. The van der Waals surface area contributed by atoms with E-state index in [1.807, 2.05) is 31.2 Å². The summed E-state index contributed by atoms with van der Waals surface area (Å²) >= 11 is 0. The van der Waals surface area contributed by atoms with Gasteiger partial charge in [0.1, 0.15) is 11.8 Å². The maximum Gasteiger partial charge on any atom is 0.248 e. The van der Waals surface area contributed by atoms with E-state index in [0.29, 0.717) is 28.8 Å². The third-order valence-corrected chi connectivity index (χ3v) is 4.15. The van der Waals surface area contributed by atoms with Crippen LogP contribution in [0.3, 0.4) is 0 Å². The summed E-state index contributed by atoms with van der Waals surface area (Å²) in [4.78, 5) is 16.4. The molecule has 0 saturated carbocycles. The largest absolute Gasteiger partial charge is 0.493 e. The maximum absolute atomic E-state index is 12.2. The van der Waals surface area contributed by atoms with Crippen LogP contribution in [0.25, 0.3) is 6.08 Å². The van der Waals surface area contributed by atoms with Crippen molar-refractivity contribution in [1.82, 2.24) is 4.98 Å². The lowest BCUT2D eigenvalue weighted by Gasteiger charge is -2.10. The predicted molar refractivity (Wildman–Crippen MR) is 117 cm³/mol. The molecule has 7 nitrogen and oxygen atoms in total. The van der Waals surface area contributed by atoms with Gasteiger partial charge in [-0.05, 0) is 54.5 Å². The van der Waals surface area contributed by atoms with Gasteiger partial charge in [0.05, 0.1) is 19.0 Å². The number of rotatable bonds is 8. The Labute approximate surface area is 180 Å². The van der Waals surface area contributed by atoms with Gasteiger partial charge in [0, 0.05) is 12.1 Å². The van der Waals surface area contributed by atoms with Crippen LogP contribution < -0.4 is 19.5 Å². The molecule has 1 amide bonds. The minimum Gasteiger partial charge on any atom is -0.493 e. The second-order valence-corrected chi connectivity index (χ2v) is 6.48. The lowest BCUT2D eigenvalue weighted by molar-refractivity contribution is -0.111. The average molecular weight is 415 g/mol. The number of nitrogens with one attached hydrogen (secondary N) is 1. The molecule has 0 radical (unpaired) electrons. The zero-order valence-electron chi connectivity index (χ0n) is 17.2. The van der Waals surface area contributed by atoms with Gasteiger partial charge in [-0.2, -0.15) is 5.26 Å². The minimum absolute atomic E-state index is 0.00593. The number of methoxy groups -OCH3 is 1. The van der Waals surface area contributed by atoms with Crippen LogP contribution in [0.15, 0.2) is 66.9 Å². The molecule has 1 aromatic heterocycles. The Morgan fingerprint density at radius 1 is 1.13 bits per heavy atom. The summed E-state index contributed by atoms with van der Waals surface area (Å²) in [6.45, 7) is 1.96. The number of carbonyl (C=O) groups is 1. The SMILES string of the molecule is COc1cc(C)ccc1Oc1ccc(NC(=O)/C=C/c2ccc(OCC#N)cc2)cn1. The van der Waals surface area contributed by atoms with Crippen LogP contribution >= 0.6 is 0 Å². The summed E-state index contributed by atoms with van der Waals surface area (Å²) in [5.74, 6) is 1.87. The molecule has 0 aliphatic rings. The Balaban J connectivity index is 1.56. The zero-order chi connectivity index (χ0) is 22.1. The van der Waals surface area contributed by atoms with E-state index < -0.39 is 0 Å². The monoisotopic (exact) mass is 415 g/mol. The highest BCUT2D eigenvalue weighted by Crippen LogP contribution is 2.31. The van der Waals surface area contributed by atoms with Gasteiger partial charge in [-0.25, -0.2) is 4.98 Å². The first kappa shape index (κ1) is 21.4. The van der Waals surface area contributed by atoms with Crippen LogP contribution in [0, 0.1) is 18.3 Å². The number of nitrogens with zero attached hydrogens (tertiary/aromatic N) is 2. The van der Waals surface area contributed by atoms with Gasteiger partial charge in [0.25, 0.3) is 0 Å². The molecule has 0 saturated heterocycles. The predicted octanol–water partition coefficient (Wildman–Crippen LogP) is 4.75. The van der Waals surface area contributed by atoms with E-state index in [9.17, 15) is 4.79 Å². The molecule has 0 spiro atoms. The fraction of sp³-hybridized carbons (Fsp3) is 0.125. The molecule has 31 heavy (non-hydrogen) atoms. The Bertz CT molecular complexity index is 1100. The van der Waals surface area contributed by atoms with E-state index >= 15 is 0 Å². The Kier molecular flexibility index (Phi) is 7.22. The third-order valence-electron chi connectivity index (χ3n) is 4.15. The maximum atomic E-state index is 12.2. The Hall–Kier alpha value is -4.31. The highest BCUT2D eigenvalue weighted by Gasteiger charge is 2.07. The second kappa shape index (κ2) is 10.5. The van der Waals surface area contributed by atoms with Crippen molar-refractivity contribution < 1.29 is 19.0 Å². The summed E-state index contributed by atoms with van der Waals surface area (Å²) in [6, 6.07) is 18.0. The van der Waals surface area contributed by atoms with E-state index in [1.165, 1.54) is 12.3 Å². The van der Waals surface area contributed by atoms with Crippen molar-refractivity contribution in [1.29, 1.82) is 5.26 Å². The molecular formula is C24H21N3O4. The number of carbonyl (C=O) groups excluding carboxylic acids is 1. The van der Waals surface area contributed by atoms with E-state index in [4.69, 9.17) is 19.5 Å². The zero-order valence-corrected chi connectivity index (χ0v) is 17.2. The molecule has 156 valence electrons. The summed E-state index contributed by atoms with van der Waals surface area (Å²) < 4.78 is 16.3. The molecule has 0 aliphatic carbocycles. The van der Waals surface area contributed by atoms with Crippen LogP contribution in [0.4, 0.5) is 5.69 Å². The van der Waals surface area contributed by atoms with Gasteiger partial charge in [0.2, 0.25) is 11.8 Å². The van der Waals surface area contributed by atoms with E-state index in [-0.39, 0.29) is 12.5 Å². The van der Waals surface area contributed by atoms with E-state index in [2.05, 4.69) is 10.3 Å². The van der Waals surface area contributed by atoms with Crippen molar-refractivity contribution in [3.8, 4) is 29.2 Å². The topological polar surface area (TPSA) is 93.5 Å². The van der Waals surface area contributed by atoms with Crippen LogP contribution in [0.1, 0.15) is 11.1 Å². The first-order valence-electron chi connectivity index (χ1n) is 9.45. The van der Waals surface area contributed by atoms with Crippen molar-refractivity contribution in [2.75, 3.05) is 19.0 Å². The normalized spacial score (nSPS) is 10.4. The highest BCUT2D eigenvalue weighted by molar-refractivity contribution is 6.01. The lowest BCUT2D eigenvalue weighted by atomic mass is 10.2. The van der Waals surface area contributed by atoms with Crippen molar-refractivity contribution in [2.45, 2.75) is 6.92 Å². The molecule has 7 heteroatoms. The summed E-state index contributed by atoms with van der Waals surface area (Å²) in [7, 11) is 1.58. The quantitative estimate of drug-likeness (QED) is 0.534. The number of anilines is 1. The number of pyridine rings is 1. The van der Waals surface area contributed by atoms with E-state index in [1.54, 1.807) is 49.6 Å². The Morgan fingerprint density at radius 3 is 2.61 bits per heavy atom. The summed E-state index contributed by atoms with van der Waals surface area (Å²) in [6.07, 6.45) is 4.62. The van der Waals surface area contributed by atoms with Crippen LogP contribution in [0.2, 0.25) is 0 Å². The summed E-state index contributed by atoms with van der Waals surface area (Å²) in [5, 5.41) is 11.3. The fourth-order valence-electron chi connectivity index (χ4n) is 2.63. The van der Waals surface area contributed by atoms with Crippen molar-refractivity contribution >= 4 is 17.7 Å². The molecular weight excluding hydrogens is 394 g/mol. The molecule has 3 aromatic rings. The third kappa shape index (κ3) is 6.34. The number of hydrogen-bond acceptors (Lipinski definition) is 6. The van der Waals surface area contributed by atoms with Crippen LogP contribution in [0.5, 0.6) is 23.1 Å². The first-order valence-corrected chi connectivity index (χ1v) is 9.45. The molecule has 0 bridgehead atoms. The van der Waals surface area contributed by atoms with Gasteiger partial charge < -0.3 is 19.5 Å². The fourth-order valence-corrected chi connectivity index (χ4v) is 2.63. The number of nitriles is 1. The average Bonchev–Trinajstić information content (AvgIpc) is 2.79. The standard InChI is InChI=1S/C24H21N3O4/c1-17-3-10-21(22(15-17)29-2)31-24-12-7-19(16-26-24)27-23(28)11-6-18-4-8-20(9-5-18)30-14-13-25/h3-12,15-16H,14H2,1-2H3,(H,27,28)/b11-6+. The number of benzene rings is 2. The van der Waals surface area contributed by atoms with Crippen LogP contribution in [-0.2, 0) is 4.79 Å². The van der Waals surface area contributed by atoms with Gasteiger partial charge in [-0.1, -0.05) is 18.2 Å². The Morgan fingerprint density at radius 2 is 1.94 bits per heavy atom. The summed E-state index contributed by atoms with van der Waals surface area (Å²) in [5.41, 5.74) is 2.43. The molecule has 1 N–H and O–H groups in total. The van der Waals surface area contributed by atoms with Gasteiger partial charge in [0.15, 0.2) is 18.1 Å². The molecule has 0 aliphatic heterocycles. The number of hydrogen-bond donors (Lipinski definition) is 1. The van der Waals surface area contributed by atoms with Gasteiger partial charge in [-0.3, -0.25) is 4.79 Å². The number of aromatic nitrogens is 1. The van der Waals surface area contributed by atoms with Gasteiger partial charge in [-0.15, -0.1) is 0 Å². The van der Waals surface area contributed by atoms with Crippen molar-refractivity contribution in [2.24, 2.45) is 0 Å². The lowest BCUT2D eigenvalue weighted by Crippen LogP contribution is -2.07. The molecule has 2 aromatic carbocycles. The molecule has 0 fully saturated rings. The number of ether oxygens (including phenoxy) is 3. The number of aryl methyl sites for hydroxylation is 1. The van der Waals surface area contributed by atoms with Gasteiger partial charge >= 0.3 is 0 Å². The molecule has 0 atom stereocenters. The molecule has 1 heterocycles. The van der Waals surface area contributed by atoms with E-state index in [0.717, 1.165) is 11.1 Å². The first-order chi connectivity index (χ1) is 15.1. The molecule has 3 rings (SSSR count). The molecule has 0 unspecified atom stereocenters. The smallest absolute Gasteiger partial charge is 0.248 e. The second-order valence-electron chi connectivity index (χ2n) is 6.48. The van der Waals surface area contributed by atoms with Crippen molar-refractivity contribution in [3.63, 3.8) is 0 Å². The van der Waals surface area contributed by atoms with Crippen LogP contribution in [-0.4, -0.2) is 24.6 Å². The highest BCUT2D eigenvalue weighted by atomic mass is 16.5. The van der Waals surface area contributed by atoms with Crippen molar-refractivity contribution in [3.05, 3.63) is 78.0 Å².